The second-order valence-corrected chi connectivity index (χ2v) is 5.50. The van der Waals surface area contributed by atoms with E-state index >= 15 is 0 Å². The topological polar surface area (TPSA) is 53.0 Å². The van der Waals surface area contributed by atoms with Crippen LogP contribution in [0, 0.1) is 5.92 Å². The Morgan fingerprint density at radius 3 is 2.94 bits per heavy atom. The number of hydrogen-bond donors (Lipinski definition) is 1. The summed E-state index contributed by atoms with van der Waals surface area (Å²) in [5.41, 5.74) is 0. The molecule has 1 amide bonds. The summed E-state index contributed by atoms with van der Waals surface area (Å²) in [4.78, 5) is 16.3. The predicted octanol–water partition coefficient (Wildman–Crippen LogP) is -0.0620. The molecular weight excluding hydrogens is 232 g/mol. The van der Waals surface area contributed by atoms with Crippen molar-refractivity contribution in [3.8, 4) is 0 Å². The molecule has 0 radical (unpaired) electrons. The highest BCUT2D eigenvalue weighted by Gasteiger charge is 2.25. The van der Waals surface area contributed by atoms with Gasteiger partial charge in [0.05, 0.1) is 25.9 Å². The Morgan fingerprint density at radius 1 is 1.39 bits per heavy atom. The number of carbonyl (C=O) groups is 1. The van der Waals surface area contributed by atoms with Crippen molar-refractivity contribution in [3.05, 3.63) is 0 Å². The first-order chi connectivity index (χ1) is 8.69. The van der Waals surface area contributed by atoms with Gasteiger partial charge in [0.15, 0.2) is 0 Å². The molecule has 2 rings (SSSR count). The van der Waals surface area contributed by atoms with Crippen molar-refractivity contribution in [3.63, 3.8) is 0 Å². The molecule has 0 saturated carbocycles. The third kappa shape index (κ3) is 3.67. The third-order valence-corrected chi connectivity index (χ3v) is 3.80. The maximum atomic E-state index is 12.2. The molecule has 0 aromatic carbocycles. The van der Waals surface area contributed by atoms with Gasteiger partial charge in [0.1, 0.15) is 0 Å². The van der Waals surface area contributed by atoms with Gasteiger partial charge < -0.3 is 14.7 Å². The van der Waals surface area contributed by atoms with Gasteiger partial charge in [0, 0.05) is 26.2 Å². The summed E-state index contributed by atoms with van der Waals surface area (Å²) in [5.74, 6) is 0.845. The average Bonchev–Trinajstić information content (AvgIpc) is 2.39. The maximum Gasteiger partial charge on any atom is 0.236 e. The van der Waals surface area contributed by atoms with Gasteiger partial charge in [0.25, 0.3) is 0 Å². The minimum atomic E-state index is -0.133. The third-order valence-electron chi connectivity index (χ3n) is 3.80. The van der Waals surface area contributed by atoms with Crippen molar-refractivity contribution >= 4 is 5.91 Å². The normalized spacial score (nSPS) is 30.4. The molecule has 2 saturated heterocycles. The quantitative estimate of drug-likeness (QED) is 0.768. The second kappa shape index (κ2) is 6.50. The summed E-state index contributed by atoms with van der Waals surface area (Å²) < 4.78 is 5.38. The van der Waals surface area contributed by atoms with Crippen LogP contribution in [-0.4, -0.2) is 72.9 Å². The van der Waals surface area contributed by atoms with Crippen LogP contribution in [0.2, 0.25) is 0 Å². The number of carbonyl (C=O) groups excluding carboxylic acids is 1. The Kier molecular flexibility index (Phi) is 4.97. The van der Waals surface area contributed by atoms with E-state index in [9.17, 15) is 4.79 Å². The van der Waals surface area contributed by atoms with Crippen molar-refractivity contribution in [2.75, 3.05) is 45.9 Å². The Morgan fingerprint density at radius 2 is 2.22 bits per heavy atom. The fourth-order valence-corrected chi connectivity index (χ4v) is 2.74. The molecule has 0 bridgehead atoms. The van der Waals surface area contributed by atoms with Gasteiger partial charge in [-0.2, -0.15) is 0 Å². The number of aliphatic hydroxyl groups is 1. The lowest BCUT2D eigenvalue weighted by Gasteiger charge is -2.35. The van der Waals surface area contributed by atoms with E-state index in [4.69, 9.17) is 9.84 Å². The lowest BCUT2D eigenvalue weighted by molar-refractivity contribution is -0.136. The smallest absolute Gasteiger partial charge is 0.236 e. The number of aliphatic hydroxyl groups excluding tert-OH is 1. The summed E-state index contributed by atoms with van der Waals surface area (Å²) in [7, 11) is 0. The molecule has 2 atom stereocenters. The van der Waals surface area contributed by atoms with Gasteiger partial charge in [-0.1, -0.05) is 6.92 Å². The van der Waals surface area contributed by atoms with Gasteiger partial charge in [-0.25, -0.2) is 0 Å². The van der Waals surface area contributed by atoms with Gasteiger partial charge in [-0.3, -0.25) is 9.69 Å². The van der Waals surface area contributed by atoms with Crippen molar-refractivity contribution in [1.82, 2.24) is 9.80 Å². The van der Waals surface area contributed by atoms with Crippen molar-refractivity contribution < 1.29 is 14.6 Å². The second-order valence-electron chi connectivity index (χ2n) is 5.50. The summed E-state index contributed by atoms with van der Waals surface area (Å²) >= 11 is 0. The number of ether oxygens (including phenoxy) is 1. The summed E-state index contributed by atoms with van der Waals surface area (Å²) in [6, 6.07) is 0. The van der Waals surface area contributed by atoms with E-state index in [1.165, 1.54) is 6.42 Å². The molecule has 2 heterocycles. The zero-order chi connectivity index (χ0) is 13.0. The molecule has 5 nitrogen and oxygen atoms in total. The van der Waals surface area contributed by atoms with Crippen LogP contribution in [0.1, 0.15) is 19.8 Å². The SMILES string of the molecule is CC1CCCN(C(=O)CN2CCOC(CO)C2)C1. The van der Waals surface area contributed by atoms with E-state index in [1.54, 1.807) is 0 Å². The fourth-order valence-electron chi connectivity index (χ4n) is 2.74. The number of likely N-dealkylation sites (tertiary alicyclic amines) is 1. The number of rotatable bonds is 3. The summed E-state index contributed by atoms with van der Waals surface area (Å²) in [6.45, 7) is 6.55. The van der Waals surface area contributed by atoms with Crippen LogP contribution in [-0.2, 0) is 9.53 Å². The van der Waals surface area contributed by atoms with Crippen LogP contribution in [0.3, 0.4) is 0 Å². The molecule has 0 spiro atoms. The lowest BCUT2D eigenvalue weighted by Crippen LogP contribution is -2.50. The molecule has 5 heteroatoms. The molecule has 0 aromatic rings. The van der Waals surface area contributed by atoms with Gasteiger partial charge in [-0.15, -0.1) is 0 Å². The molecule has 18 heavy (non-hydrogen) atoms. The molecular formula is C13H24N2O3. The first-order valence-corrected chi connectivity index (χ1v) is 6.91. The Hall–Kier alpha value is -0.650. The number of morpholine rings is 1. The molecule has 0 aromatic heterocycles. The Bertz CT molecular complexity index is 285. The van der Waals surface area contributed by atoms with Gasteiger partial charge >= 0.3 is 0 Å². The van der Waals surface area contributed by atoms with E-state index in [0.29, 0.717) is 25.6 Å². The van der Waals surface area contributed by atoms with Crippen LogP contribution < -0.4 is 0 Å². The fraction of sp³-hybridized carbons (Fsp3) is 0.923. The minimum Gasteiger partial charge on any atom is -0.394 e. The molecule has 1 N–H and O–H groups in total. The van der Waals surface area contributed by atoms with Crippen LogP contribution >= 0.6 is 0 Å². The van der Waals surface area contributed by atoms with Gasteiger partial charge in [-0.05, 0) is 18.8 Å². The van der Waals surface area contributed by atoms with E-state index in [1.807, 2.05) is 4.90 Å². The van der Waals surface area contributed by atoms with Gasteiger partial charge in [0.2, 0.25) is 5.91 Å². The van der Waals surface area contributed by atoms with E-state index in [-0.39, 0.29) is 18.6 Å². The number of piperidine rings is 1. The zero-order valence-electron chi connectivity index (χ0n) is 11.2. The molecule has 2 unspecified atom stereocenters. The standard InChI is InChI=1S/C13H24N2O3/c1-11-3-2-4-15(7-11)13(17)9-14-5-6-18-12(8-14)10-16/h11-12,16H,2-10H2,1H3. The summed E-state index contributed by atoms with van der Waals surface area (Å²) in [5, 5.41) is 9.08. The predicted molar refractivity (Wildman–Crippen MR) is 68.2 cm³/mol. The lowest BCUT2D eigenvalue weighted by atomic mass is 10.0. The van der Waals surface area contributed by atoms with Crippen LogP contribution in [0.15, 0.2) is 0 Å². The number of amides is 1. The van der Waals surface area contributed by atoms with Crippen LogP contribution in [0.5, 0.6) is 0 Å². The number of nitrogens with zero attached hydrogens (tertiary/aromatic N) is 2. The van der Waals surface area contributed by atoms with E-state index in [2.05, 4.69) is 11.8 Å². The molecule has 2 fully saturated rings. The first-order valence-electron chi connectivity index (χ1n) is 6.91. The maximum absolute atomic E-state index is 12.2. The number of hydrogen-bond acceptors (Lipinski definition) is 4. The summed E-state index contributed by atoms with van der Waals surface area (Å²) in [6.07, 6.45) is 2.22. The van der Waals surface area contributed by atoms with E-state index < -0.39 is 0 Å². The van der Waals surface area contributed by atoms with Crippen LogP contribution in [0.25, 0.3) is 0 Å². The van der Waals surface area contributed by atoms with Crippen molar-refractivity contribution in [2.24, 2.45) is 5.92 Å². The minimum absolute atomic E-state index is 0.0332. The Balaban J connectivity index is 1.79. The van der Waals surface area contributed by atoms with Crippen molar-refractivity contribution in [1.29, 1.82) is 0 Å². The molecule has 2 aliphatic rings. The highest BCUT2D eigenvalue weighted by molar-refractivity contribution is 5.78. The molecule has 0 aliphatic carbocycles. The monoisotopic (exact) mass is 256 g/mol. The zero-order valence-corrected chi connectivity index (χ0v) is 11.2. The Labute approximate surface area is 109 Å². The average molecular weight is 256 g/mol. The van der Waals surface area contributed by atoms with Crippen LogP contribution in [0.4, 0.5) is 0 Å². The molecule has 104 valence electrons. The molecule has 2 aliphatic heterocycles. The van der Waals surface area contributed by atoms with E-state index in [0.717, 1.165) is 26.1 Å². The first kappa shape index (κ1) is 13.8. The van der Waals surface area contributed by atoms with Crippen molar-refractivity contribution in [2.45, 2.75) is 25.9 Å². The highest BCUT2D eigenvalue weighted by atomic mass is 16.5. The largest absolute Gasteiger partial charge is 0.394 e. The highest BCUT2D eigenvalue weighted by Crippen LogP contribution is 2.16.